The number of nitrogens with zero attached hydrogens (tertiary/aromatic N) is 3. The van der Waals surface area contributed by atoms with Gasteiger partial charge in [-0.15, -0.1) is 0 Å². The number of primary amides is 1. The van der Waals surface area contributed by atoms with Gasteiger partial charge < -0.3 is 15.8 Å². The SMILES string of the molecule is COC(=O)c1cc(Nc2nn([C@@H]3CCC[C@H]3C#N)cc2C(N)=O)ccc1Br. The summed E-state index contributed by atoms with van der Waals surface area (Å²) in [6, 6.07) is 7.23. The standard InChI is InChI=1S/C18H18BrN5O3/c1-27-18(26)12-7-11(5-6-14(12)19)22-17-13(16(21)25)9-24(23-17)15-4-2-3-10(15)8-20/h5-7,9-10,15H,2-4H2,1H3,(H2,21,25)(H,22,23)/t10-,15+/m0/s1. The van der Waals surface area contributed by atoms with E-state index in [2.05, 4.69) is 32.4 Å². The maximum absolute atomic E-state index is 11.9. The summed E-state index contributed by atoms with van der Waals surface area (Å²) < 4.78 is 6.99. The average molecular weight is 432 g/mol. The fraction of sp³-hybridized carbons (Fsp3) is 0.333. The van der Waals surface area contributed by atoms with Gasteiger partial charge in [-0.05, 0) is 53.4 Å². The Morgan fingerprint density at radius 1 is 1.41 bits per heavy atom. The summed E-state index contributed by atoms with van der Waals surface area (Å²) in [4.78, 5) is 23.7. The highest BCUT2D eigenvalue weighted by Crippen LogP contribution is 2.36. The number of nitrogens with one attached hydrogen (secondary N) is 1. The highest BCUT2D eigenvalue weighted by Gasteiger charge is 2.30. The normalized spacial score (nSPS) is 18.7. The van der Waals surface area contributed by atoms with Gasteiger partial charge in [-0.1, -0.05) is 0 Å². The second kappa shape index (κ2) is 7.80. The third kappa shape index (κ3) is 3.80. The number of rotatable bonds is 5. The predicted octanol–water partition coefficient (Wildman–Crippen LogP) is 3.14. The van der Waals surface area contributed by atoms with E-state index in [0.717, 1.165) is 19.3 Å². The van der Waals surface area contributed by atoms with Crippen molar-refractivity contribution in [1.29, 1.82) is 5.26 Å². The smallest absolute Gasteiger partial charge is 0.339 e. The second-order valence-electron chi connectivity index (χ2n) is 6.28. The molecule has 0 saturated heterocycles. The van der Waals surface area contributed by atoms with E-state index in [4.69, 9.17) is 10.5 Å². The Hall–Kier alpha value is -2.86. The van der Waals surface area contributed by atoms with Crippen LogP contribution in [0.25, 0.3) is 0 Å². The second-order valence-corrected chi connectivity index (χ2v) is 7.14. The number of carbonyl (C=O) groups excluding carboxylic acids is 2. The first-order chi connectivity index (χ1) is 12.9. The molecular weight excluding hydrogens is 414 g/mol. The zero-order chi connectivity index (χ0) is 19.6. The van der Waals surface area contributed by atoms with E-state index >= 15 is 0 Å². The molecule has 1 aromatic carbocycles. The van der Waals surface area contributed by atoms with Gasteiger partial charge >= 0.3 is 5.97 Å². The van der Waals surface area contributed by atoms with Crippen LogP contribution < -0.4 is 11.1 Å². The molecule has 1 aliphatic rings. The van der Waals surface area contributed by atoms with E-state index in [1.54, 1.807) is 29.1 Å². The molecule has 3 N–H and O–H groups in total. The molecular formula is C18H18BrN5O3. The van der Waals surface area contributed by atoms with E-state index in [-0.39, 0.29) is 23.3 Å². The van der Waals surface area contributed by atoms with Gasteiger partial charge in [0.15, 0.2) is 5.82 Å². The minimum absolute atomic E-state index is 0.0841. The largest absolute Gasteiger partial charge is 0.465 e. The van der Waals surface area contributed by atoms with E-state index in [1.165, 1.54) is 7.11 Å². The van der Waals surface area contributed by atoms with Crippen LogP contribution >= 0.6 is 15.9 Å². The molecule has 9 heteroatoms. The zero-order valence-electron chi connectivity index (χ0n) is 14.6. The molecule has 1 amide bonds. The molecule has 1 fully saturated rings. The Balaban J connectivity index is 1.94. The van der Waals surface area contributed by atoms with Gasteiger partial charge in [0.2, 0.25) is 0 Å². The Morgan fingerprint density at radius 3 is 2.85 bits per heavy atom. The lowest BCUT2D eigenvalue weighted by molar-refractivity contribution is 0.0599. The quantitative estimate of drug-likeness (QED) is 0.700. The number of esters is 1. The number of anilines is 2. The number of hydrogen-bond donors (Lipinski definition) is 2. The van der Waals surface area contributed by atoms with Crippen molar-refractivity contribution in [2.75, 3.05) is 12.4 Å². The minimum Gasteiger partial charge on any atom is -0.465 e. The molecule has 1 aliphatic carbocycles. The maximum atomic E-state index is 11.9. The van der Waals surface area contributed by atoms with Gasteiger partial charge in [-0.2, -0.15) is 10.4 Å². The number of nitriles is 1. The maximum Gasteiger partial charge on any atom is 0.339 e. The first-order valence-corrected chi connectivity index (χ1v) is 9.17. The molecule has 1 heterocycles. The minimum atomic E-state index is -0.624. The lowest BCUT2D eigenvalue weighted by Gasteiger charge is -2.13. The Morgan fingerprint density at radius 2 is 2.19 bits per heavy atom. The molecule has 8 nitrogen and oxygen atoms in total. The number of nitrogens with two attached hydrogens (primary N) is 1. The van der Waals surface area contributed by atoms with Crippen LogP contribution in [-0.4, -0.2) is 28.8 Å². The average Bonchev–Trinajstić information content (AvgIpc) is 3.29. The summed E-state index contributed by atoms with van der Waals surface area (Å²) in [6.07, 6.45) is 4.14. The first kappa shape index (κ1) is 18.9. The summed E-state index contributed by atoms with van der Waals surface area (Å²) >= 11 is 3.31. The van der Waals surface area contributed by atoms with Crippen LogP contribution in [0.1, 0.15) is 46.0 Å². The number of hydrogen-bond acceptors (Lipinski definition) is 6. The van der Waals surface area contributed by atoms with E-state index in [9.17, 15) is 14.9 Å². The van der Waals surface area contributed by atoms with Crippen LogP contribution in [0.4, 0.5) is 11.5 Å². The number of amides is 1. The van der Waals surface area contributed by atoms with E-state index < -0.39 is 11.9 Å². The molecule has 2 aromatic rings. The lowest BCUT2D eigenvalue weighted by Crippen LogP contribution is -2.14. The molecule has 140 valence electrons. The van der Waals surface area contributed by atoms with Gasteiger partial charge in [0, 0.05) is 16.4 Å². The Bertz CT molecular complexity index is 934. The molecule has 1 saturated carbocycles. The van der Waals surface area contributed by atoms with Crippen molar-refractivity contribution in [1.82, 2.24) is 9.78 Å². The summed E-state index contributed by atoms with van der Waals surface area (Å²) in [5, 5.41) is 16.8. The monoisotopic (exact) mass is 431 g/mol. The summed E-state index contributed by atoms with van der Waals surface area (Å²) in [6.45, 7) is 0. The summed E-state index contributed by atoms with van der Waals surface area (Å²) in [7, 11) is 1.30. The van der Waals surface area contributed by atoms with Gasteiger partial charge in [-0.25, -0.2) is 4.79 Å². The zero-order valence-corrected chi connectivity index (χ0v) is 16.2. The molecule has 0 bridgehead atoms. The van der Waals surface area contributed by atoms with Gasteiger partial charge in [0.1, 0.15) is 5.56 Å². The number of halogens is 1. The number of carbonyl (C=O) groups is 2. The Labute approximate surface area is 164 Å². The first-order valence-electron chi connectivity index (χ1n) is 8.38. The fourth-order valence-electron chi connectivity index (χ4n) is 3.25. The van der Waals surface area contributed by atoms with Crippen molar-refractivity contribution in [2.45, 2.75) is 25.3 Å². The Kier molecular flexibility index (Phi) is 5.46. The topological polar surface area (TPSA) is 123 Å². The van der Waals surface area contributed by atoms with Crippen molar-refractivity contribution in [3.63, 3.8) is 0 Å². The summed E-state index contributed by atoms with van der Waals surface area (Å²) in [5.41, 5.74) is 6.60. The molecule has 3 rings (SSSR count). The molecule has 1 aromatic heterocycles. The van der Waals surface area contributed by atoms with E-state index in [0.29, 0.717) is 15.7 Å². The van der Waals surface area contributed by atoms with E-state index in [1.807, 2.05) is 0 Å². The van der Waals surface area contributed by atoms with Crippen LogP contribution in [0.5, 0.6) is 0 Å². The molecule has 2 atom stereocenters. The molecule has 0 radical (unpaired) electrons. The highest BCUT2D eigenvalue weighted by atomic mass is 79.9. The third-order valence-corrected chi connectivity index (χ3v) is 5.31. The van der Waals surface area contributed by atoms with Crippen LogP contribution in [0.15, 0.2) is 28.9 Å². The van der Waals surface area contributed by atoms with Crippen molar-refractivity contribution < 1.29 is 14.3 Å². The summed E-state index contributed by atoms with van der Waals surface area (Å²) in [5.74, 6) is -0.976. The molecule has 0 unspecified atom stereocenters. The van der Waals surface area contributed by atoms with Crippen molar-refractivity contribution in [3.8, 4) is 6.07 Å². The highest BCUT2D eigenvalue weighted by molar-refractivity contribution is 9.10. The van der Waals surface area contributed by atoms with Gasteiger partial charge in [0.05, 0.1) is 30.7 Å². The van der Waals surface area contributed by atoms with Crippen molar-refractivity contribution in [2.24, 2.45) is 11.7 Å². The van der Waals surface area contributed by atoms with Gasteiger partial charge in [0.25, 0.3) is 5.91 Å². The van der Waals surface area contributed by atoms with Crippen molar-refractivity contribution in [3.05, 3.63) is 40.0 Å². The number of ether oxygens (including phenoxy) is 1. The molecule has 0 aliphatic heterocycles. The van der Waals surface area contributed by atoms with Crippen LogP contribution in [0, 0.1) is 17.2 Å². The van der Waals surface area contributed by atoms with Crippen LogP contribution in [-0.2, 0) is 4.74 Å². The molecule has 0 spiro atoms. The number of benzene rings is 1. The van der Waals surface area contributed by atoms with Crippen LogP contribution in [0.2, 0.25) is 0 Å². The number of aromatic nitrogens is 2. The number of methoxy groups -OCH3 is 1. The lowest BCUT2D eigenvalue weighted by atomic mass is 10.1. The van der Waals surface area contributed by atoms with Gasteiger partial charge in [-0.3, -0.25) is 9.48 Å². The van der Waals surface area contributed by atoms with Crippen LogP contribution in [0.3, 0.4) is 0 Å². The molecule has 27 heavy (non-hydrogen) atoms. The third-order valence-electron chi connectivity index (χ3n) is 4.62. The van der Waals surface area contributed by atoms with Crippen molar-refractivity contribution >= 4 is 39.3 Å². The fourth-order valence-corrected chi connectivity index (χ4v) is 3.66. The predicted molar refractivity (Wildman–Crippen MR) is 102 cm³/mol.